The molecule has 1 fully saturated rings. The van der Waals surface area contributed by atoms with Crippen LogP contribution in [0.3, 0.4) is 0 Å². The average Bonchev–Trinajstić information content (AvgIpc) is 3.09. The minimum Gasteiger partial charge on any atom is -0.396 e. The Morgan fingerprint density at radius 1 is 1.32 bits per heavy atom. The molecule has 3 rings (SSSR count). The first kappa shape index (κ1) is 18.0. The van der Waals surface area contributed by atoms with Gasteiger partial charge in [-0.25, -0.2) is 9.07 Å². The van der Waals surface area contributed by atoms with E-state index >= 15 is 0 Å². The summed E-state index contributed by atoms with van der Waals surface area (Å²) < 4.78 is 15.6. The Balaban J connectivity index is 1.77. The third kappa shape index (κ3) is 4.26. The van der Waals surface area contributed by atoms with Crippen molar-refractivity contribution < 1.29 is 9.50 Å². The fourth-order valence-electron chi connectivity index (χ4n) is 3.72. The lowest BCUT2D eigenvalue weighted by atomic mass is 10.0. The summed E-state index contributed by atoms with van der Waals surface area (Å²) in [7, 11) is 0. The van der Waals surface area contributed by atoms with E-state index in [0.717, 1.165) is 37.3 Å². The summed E-state index contributed by atoms with van der Waals surface area (Å²) in [5.74, 6) is -0.223. The van der Waals surface area contributed by atoms with Crippen LogP contribution < -0.4 is 0 Å². The molecule has 1 N–H and O–H groups in total. The number of piperazine rings is 1. The Bertz CT molecular complexity index is 674. The molecule has 0 saturated carbocycles. The summed E-state index contributed by atoms with van der Waals surface area (Å²) in [4.78, 5) is 4.80. The molecule has 2 aromatic rings. The van der Waals surface area contributed by atoms with E-state index < -0.39 is 0 Å². The Kier molecular flexibility index (Phi) is 5.83. The van der Waals surface area contributed by atoms with Gasteiger partial charge < -0.3 is 5.11 Å². The van der Waals surface area contributed by atoms with Crippen LogP contribution in [0.1, 0.15) is 25.8 Å². The van der Waals surface area contributed by atoms with E-state index in [1.54, 1.807) is 23.0 Å². The Hall–Kier alpha value is -1.76. The normalized spacial score (nSPS) is 19.6. The molecule has 0 bridgehead atoms. The van der Waals surface area contributed by atoms with Gasteiger partial charge in [0.15, 0.2) is 0 Å². The second-order valence-corrected chi connectivity index (χ2v) is 6.96. The van der Waals surface area contributed by atoms with Crippen molar-refractivity contribution in [3.05, 3.63) is 48.0 Å². The molecule has 2 heterocycles. The van der Waals surface area contributed by atoms with Crippen molar-refractivity contribution in [3.8, 4) is 5.69 Å². The monoisotopic (exact) mass is 346 g/mol. The van der Waals surface area contributed by atoms with Crippen molar-refractivity contribution >= 4 is 0 Å². The molecule has 0 amide bonds. The number of halogens is 1. The lowest BCUT2D eigenvalue weighted by Crippen LogP contribution is -2.55. The zero-order chi connectivity index (χ0) is 17.8. The Morgan fingerprint density at radius 3 is 2.84 bits per heavy atom. The number of nitrogens with zero attached hydrogens (tertiary/aromatic N) is 4. The molecule has 1 atom stereocenters. The molecule has 1 saturated heterocycles. The molecular formula is C19H27FN4O. The molecule has 136 valence electrons. The molecule has 1 aromatic carbocycles. The quantitative estimate of drug-likeness (QED) is 0.872. The first-order valence-corrected chi connectivity index (χ1v) is 8.96. The van der Waals surface area contributed by atoms with Crippen molar-refractivity contribution in [2.45, 2.75) is 38.9 Å². The van der Waals surface area contributed by atoms with Gasteiger partial charge in [0.2, 0.25) is 0 Å². The van der Waals surface area contributed by atoms with Gasteiger partial charge in [-0.15, -0.1) is 0 Å². The molecule has 6 heteroatoms. The molecule has 1 aliphatic heterocycles. The highest BCUT2D eigenvalue weighted by Gasteiger charge is 2.28. The van der Waals surface area contributed by atoms with Crippen molar-refractivity contribution in [3.63, 3.8) is 0 Å². The molecule has 0 radical (unpaired) electrons. The standard InChI is InChI=1S/C19H27FN4O/c1-15(2)23-10-9-22(14-18(23)6-11-25)13-16-12-17(20)4-5-19(16)24-8-3-7-21-24/h3-5,7-8,12,15,18,25H,6,9-11,13-14H2,1-2H3/t18-/m1/s1. The van der Waals surface area contributed by atoms with E-state index in [9.17, 15) is 9.50 Å². The van der Waals surface area contributed by atoms with Crippen LogP contribution in [0, 0.1) is 5.82 Å². The summed E-state index contributed by atoms with van der Waals surface area (Å²) in [6, 6.07) is 7.53. The summed E-state index contributed by atoms with van der Waals surface area (Å²) in [5.41, 5.74) is 1.85. The highest BCUT2D eigenvalue weighted by Crippen LogP contribution is 2.21. The fourth-order valence-corrected chi connectivity index (χ4v) is 3.72. The van der Waals surface area contributed by atoms with Crippen LogP contribution in [0.5, 0.6) is 0 Å². The number of rotatable bonds is 6. The summed E-state index contributed by atoms with van der Waals surface area (Å²) in [6.45, 7) is 8.06. The number of aromatic nitrogens is 2. The van der Waals surface area contributed by atoms with E-state index in [0.29, 0.717) is 18.6 Å². The molecule has 0 unspecified atom stereocenters. The SMILES string of the molecule is CC(C)N1CCN(Cc2cc(F)ccc2-n2cccn2)C[C@H]1CCO. The summed E-state index contributed by atoms with van der Waals surface area (Å²) in [5, 5.41) is 13.7. The van der Waals surface area contributed by atoms with Crippen molar-refractivity contribution in [1.82, 2.24) is 19.6 Å². The van der Waals surface area contributed by atoms with E-state index in [-0.39, 0.29) is 12.4 Å². The van der Waals surface area contributed by atoms with Crippen LogP contribution in [0.25, 0.3) is 5.69 Å². The maximum Gasteiger partial charge on any atom is 0.123 e. The predicted molar refractivity (Wildman–Crippen MR) is 96.1 cm³/mol. The number of aliphatic hydroxyl groups is 1. The average molecular weight is 346 g/mol. The Labute approximate surface area is 148 Å². The van der Waals surface area contributed by atoms with Crippen LogP contribution >= 0.6 is 0 Å². The number of benzene rings is 1. The zero-order valence-electron chi connectivity index (χ0n) is 15.0. The van der Waals surface area contributed by atoms with E-state index in [4.69, 9.17) is 0 Å². The third-order valence-electron chi connectivity index (χ3n) is 4.92. The highest BCUT2D eigenvalue weighted by molar-refractivity contribution is 5.40. The van der Waals surface area contributed by atoms with Gasteiger partial charge in [-0.3, -0.25) is 9.80 Å². The van der Waals surface area contributed by atoms with Gasteiger partial charge in [-0.1, -0.05) is 0 Å². The van der Waals surface area contributed by atoms with Gasteiger partial charge in [-0.2, -0.15) is 5.10 Å². The van der Waals surface area contributed by atoms with Crippen LogP contribution in [0.4, 0.5) is 4.39 Å². The van der Waals surface area contributed by atoms with Crippen LogP contribution in [0.2, 0.25) is 0 Å². The largest absolute Gasteiger partial charge is 0.396 e. The van der Waals surface area contributed by atoms with E-state index in [1.165, 1.54) is 6.07 Å². The molecule has 1 aromatic heterocycles. The minimum absolute atomic E-state index is 0.195. The zero-order valence-corrected chi connectivity index (χ0v) is 15.0. The maximum atomic E-state index is 13.8. The van der Waals surface area contributed by atoms with E-state index in [1.807, 2.05) is 12.3 Å². The van der Waals surface area contributed by atoms with Crippen molar-refractivity contribution in [1.29, 1.82) is 0 Å². The first-order valence-electron chi connectivity index (χ1n) is 8.96. The number of hydrogen-bond donors (Lipinski definition) is 1. The lowest BCUT2D eigenvalue weighted by Gasteiger charge is -2.43. The van der Waals surface area contributed by atoms with Crippen molar-refractivity contribution in [2.24, 2.45) is 0 Å². The fraction of sp³-hybridized carbons (Fsp3) is 0.526. The maximum absolute atomic E-state index is 13.8. The van der Waals surface area contributed by atoms with Gasteiger partial charge in [0.05, 0.1) is 5.69 Å². The molecule has 0 spiro atoms. The molecule has 25 heavy (non-hydrogen) atoms. The van der Waals surface area contributed by atoms with Gasteiger partial charge in [0.25, 0.3) is 0 Å². The number of aliphatic hydroxyl groups excluding tert-OH is 1. The van der Waals surface area contributed by atoms with E-state index in [2.05, 4.69) is 28.7 Å². The van der Waals surface area contributed by atoms with Crippen LogP contribution in [-0.4, -0.2) is 63.0 Å². The topological polar surface area (TPSA) is 44.5 Å². The van der Waals surface area contributed by atoms with Gasteiger partial charge in [0, 0.05) is 57.3 Å². The van der Waals surface area contributed by atoms with Crippen LogP contribution in [0.15, 0.2) is 36.7 Å². The summed E-state index contributed by atoms with van der Waals surface area (Å²) >= 11 is 0. The molecule has 1 aliphatic rings. The van der Waals surface area contributed by atoms with Gasteiger partial charge >= 0.3 is 0 Å². The van der Waals surface area contributed by atoms with Crippen molar-refractivity contribution in [2.75, 3.05) is 26.2 Å². The molecular weight excluding hydrogens is 319 g/mol. The van der Waals surface area contributed by atoms with Crippen LogP contribution in [-0.2, 0) is 6.54 Å². The smallest absolute Gasteiger partial charge is 0.123 e. The summed E-state index contributed by atoms with van der Waals surface area (Å²) in [6.07, 6.45) is 4.37. The lowest BCUT2D eigenvalue weighted by molar-refractivity contribution is 0.0349. The number of hydrogen-bond acceptors (Lipinski definition) is 4. The Morgan fingerprint density at radius 2 is 2.16 bits per heavy atom. The second-order valence-electron chi connectivity index (χ2n) is 6.96. The van der Waals surface area contributed by atoms with Gasteiger partial charge in [0.1, 0.15) is 5.82 Å². The third-order valence-corrected chi connectivity index (χ3v) is 4.92. The highest BCUT2D eigenvalue weighted by atomic mass is 19.1. The second kappa shape index (κ2) is 8.08. The van der Waals surface area contributed by atoms with Gasteiger partial charge in [-0.05, 0) is 50.1 Å². The first-order chi connectivity index (χ1) is 12.1. The molecule has 5 nitrogen and oxygen atoms in total. The minimum atomic E-state index is -0.223. The molecule has 0 aliphatic carbocycles. The predicted octanol–water partition coefficient (Wildman–Crippen LogP) is 2.29.